The van der Waals surface area contributed by atoms with E-state index in [1.807, 2.05) is 0 Å². The molecule has 1 N–H and O–H groups in total. The van der Waals surface area contributed by atoms with E-state index in [1.165, 1.54) is 20.1 Å². The molecule has 2 aromatic rings. The van der Waals surface area contributed by atoms with Crippen LogP contribution < -0.4 is 14.8 Å². The molecule has 5 nitrogen and oxygen atoms in total. The van der Waals surface area contributed by atoms with Crippen LogP contribution in [0.5, 0.6) is 11.5 Å². The Labute approximate surface area is 145 Å². The first kappa shape index (κ1) is 18.4. The zero-order valence-corrected chi connectivity index (χ0v) is 14.6. The number of anilines is 1. The summed E-state index contributed by atoms with van der Waals surface area (Å²) in [6.07, 6.45) is -0.846. The van der Waals surface area contributed by atoms with Gasteiger partial charge in [-0.1, -0.05) is 6.07 Å². The first-order chi connectivity index (χ1) is 11.8. The number of rotatable bonds is 6. The van der Waals surface area contributed by atoms with Crippen molar-refractivity contribution < 1.29 is 23.5 Å². The van der Waals surface area contributed by atoms with Gasteiger partial charge in [-0.2, -0.15) is 0 Å². The smallest absolute Gasteiger partial charge is 0.265 e. The molecule has 1 atom stereocenters. The molecule has 2 rings (SSSR count). The normalized spacial score (nSPS) is 11.6. The summed E-state index contributed by atoms with van der Waals surface area (Å²) in [5, 5.41) is 2.60. The van der Waals surface area contributed by atoms with E-state index in [9.17, 15) is 14.0 Å². The molecule has 1 amide bonds. The van der Waals surface area contributed by atoms with Crippen LogP contribution in [0.1, 0.15) is 29.8 Å². The molecular formula is C19H20FNO4. The molecule has 0 spiro atoms. The highest BCUT2D eigenvalue weighted by Gasteiger charge is 2.18. The Bertz CT molecular complexity index is 804. The molecule has 6 heteroatoms. The van der Waals surface area contributed by atoms with E-state index in [4.69, 9.17) is 9.47 Å². The van der Waals surface area contributed by atoms with E-state index in [-0.39, 0.29) is 5.78 Å². The van der Waals surface area contributed by atoms with Crippen molar-refractivity contribution >= 4 is 17.4 Å². The average Bonchev–Trinajstić information content (AvgIpc) is 2.58. The third-order valence-electron chi connectivity index (χ3n) is 3.68. The number of Topliss-reactive ketones (excluding diaryl/α,β-unsaturated/α-hetero) is 1. The van der Waals surface area contributed by atoms with Gasteiger partial charge < -0.3 is 14.8 Å². The van der Waals surface area contributed by atoms with Crippen LogP contribution in [0.15, 0.2) is 36.4 Å². The number of hydrogen-bond donors (Lipinski definition) is 1. The van der Waals surface area contributed by atoms with Crippen LogP contribution in [0, 0.1) is 12.7 Å². The molecule has 0 radical (unpaired) electrons. The number of amides is 1. The first-order valence-corrected chi connectivity index (χ1v) is 7.74. The molecule has 0 saturated carbocycles. The quantitative estimate of drug-likeness (QED) is 0.810. The summed E-state index contributed by atoms with van der Waals surface area (Å²) in [7, 11) is 1.45. The number of halogens is 1. The fraction of sp³-hybridized carbons (Fsp3) is 0.263. The molecule has 0 saturated heterocycles. The molecule has 0 aliphatic carbocycles. The van der Waals surface area contributed by atoms with E-state index in [0.717, 1.165) is 0 Å². The summed E-state index contributed by atoms with van der Waals surface area (Å²) in [6, 6.07) is 9.18. The van der Waals surface area contributed by atoms with Crippen molar-refractivity contribution in [2.45, 2.75) is 26.9 Å². The maximum absolute atomic E-state index is 13.6. The van der Waals surface area contributed by atoms with Crippen molar-refractivity contribution in [3.63, 3.8) is 0 Å². The van der Waals surface area contributed by atoms with Crippen LogP contribution in [-0.2, 0) is 4.79 Å². The average molecular weight is 345 g/mol. The summed E-state index contributed by atoms with van der Waals surface area (Å²) in [6.45, 7) is 4.66. The highest BCUT2D eigenvalue weighted by atomic mass is 19.1. The summed E-state index contributed by atoms with van der Waals surface area (Å²) in [5.74, 6) is -0.232. The Morgan fingerprint density at radius 3 is 2.44 bits per heavy atom. The second kappa shape index (κ2) is 7.79. The first-order valence-electron chi connectivity index (χ1n) is 7.74. The molecule has 0 aliphatic heterocycles. The van der Waals surface area contributed by atoms with E-state index >= 15 is 0 Å². The van der Waals surface area contributed by atoms with Gasteiger partial charge in [-0.15, -0.1) is 0 Å². The molecule has 0 bridgehead atoms. The summed E-state index contributed by atoms with van der Waals surface area (Å²) < 4.78 is 24.4. The van der Waals surface area contributed by atoms with Crippen molar-refractivity contribution in [2.24, 2.45) is 0 Å². The van der Waals surface area contributed by atoms with Crippen LogP contribution in [0.2, 0.25) is 0 Å². The van der Waals surface area contributed by atoms with Gasteiger partial charge in [-0.05, 0) is 56.7 Å². The lowest BCUT2D eigenvalue weighted by Crippen LogP contribution is -2.30. The molecule has 2 aromatic carbocycles. The SMILES string of the molecule is COc1cc(C(C)=O)ccc1OC(C)C(=O)Nc1ccc(C)c(F)c1. The number of ketones is 1. The van der Waals surface area contributed by atoms with Gasteiger partial charge in [-0.3, -0.25) is 9.59 Å². The number of hydrogen-bond acceptors (Lipinski definition) is 4. The topological polar surface area (TPSA) is 64.6 Å². The van der Waals surface area contributed by atoms with Gasteiger partial charge in [-0.25, -0.2) is 4.39 Å². The van der Waals surface area contributed by atoms with Gasteiger partial charge in [0.25, 0.3) is 5.91 Å². The predicted octanol–water partition coefficient (Wildman–Crippen LogP) is 3.75. The minimum absolute atomic E-state index is 0.1000. The van der Waals surface area contributed by atoms with Gasteiger partial charge >= 0.3 is 0 Å². The van der Waals surface area contributed by atoms with Crippen LogP contribution in [0.25, 0.3) is 0 Å². The number of carbonyl (C=O) groups excluding carboxylic acids is 2. The van der Waals surface area contributed by atoms with Crippen molar-refractivity contribution in [3.05, 3.63) is 53.3 Å². The number of ether oxygens (including phenoxy) is 2. The van der Waals surface area contributed by atoms with E-state index in [0.29, 0.717) is 28.3 Å². The van der Waals surface area contributed by atoms with Crippen LogP contribution in [0.3, 0.4) is 0 Å². The van der Waals surface area contributed by atoms with E-state index in [1.54, 1.807) is 44.2 Å². The van der Waals surface area contributed by atoms with Crippen molar-refractivity contribution in [1.82, 2.24) is 0 Å². The largest absolute Gasteiger partial charge is 0.493 e. The lowest BCUT2D eigenvalue weighted by molar-refractivity contribution is -0.122. The Morgan fingerprint density at radius 2 is 1.84 bits per heavy atom. The zero-order chi connectivity index (χ0) is 18.6. The predicted molar refractivity (Wildman–Crippen MR) is 92.9 cm³/mol. The third-order valence-corrected chi connectivity index (χ3v) is 3.68. The fourth-order valence-electron chi connectivity index (χ4n) is 2.14. The summed E-state index contributed by atoms with van der Waals surface area (Å²) in [5.41, 5.74) is 1.33. The number of methoxy groups -OCH3 is 1. The molecule has 0 aliphatic rings. The second-order valence-corrected chi connectivity index (χ2v) is 5.64. The Kier molecular flexibility index (Phi) is 5.75. The third kappa shape index (κ3) is 4.56. The van der Waals surface area contributed by atoms with Crippen molar-refractivity contribution in [2.75, 3.05) is 12.4 Å². The fourth-order valence-corrected chi connectivity index (χ4v) is 2.14. The molecule has 0 aromatic heterocycles. The Hall–Kier alpha value is -2.89. The van der Waals surface area contributed by atoms with Crippen LogP contribution >= 0.6 is 0 Å². The number of benzene rings is 2. The summed E-state index contributed by atoms with van der Waals surface area (Å²) in [4.78, 5) is 23.7. The molecule has 0 fully saturated rings. The van der Waals surface area contributed by atoms with Crippen LogP contribution in [-0.4, -0.2) is 24.9 Å². The lowest BCUT2D eigenvalue weighted by atomic mass is 10.1. The minimum atomic E-state index is -0.846. The minimum Gasteiger partial charge on any atom is -0.493 e. The van der Waals surface area contributed by atoms with Crippen LogP contribution in [0.4, 0.5) is 10.1 Å². The zero-order valence-electron chi connectivity index (χ0n) is 14.6. The van der Waals surface area contributed by atoms with Gasteiger partial charge in [0.05, 0.1) is 7.11 Å². The Balaban J connectivity index is 2.10. The molecular weight excluding hydrogens is 325 g/mol. The molecule has 0 heterocycles. The maximum atomic E-state index is 13.6. The monoisotopic (exact) mass is 345 g/mol. The molecule has 1 unspecified atom stereocenters. The lowest BCUT2D eigenvalue weighted by Gasteiger charge is -2.17. The van der Waals surface area contributed by atoms with Gasteiger partial charge in [0.2, 0.25) is 0 Å². The number of nitrogens with one attached hydrogen (secondary N) is 1. The van der Waals surface area contributed by atoms with Crippen molar-refractivity contribution in [3.8, 4) is 11.5 Å². The highest BCUT2D eigenvalue weighted by Crippen LogP contribution is 2.29. The summed E-state index contributed by atoms with van der Waals surface area (Å²) >= 11 is 0. The number of carbonyl (C=O) groups is 2. The standard InChI is InChI=1S/C19H20FNO4/c1-11-5-7-15(10-16(11)20)21-19(23)13(3)25-17-8-6-14(12(2)22)9-18(17)24-4/h5-10,13H,1-4H3,(H,21,23). The Morgan fingerprint density at radius 1 is 1.12 bits per heavy atom. The maximum Gasteiger partial charge on any atom is 0.265 e. The number of aryl methyl sites for hydroxylation is 1. The van der Waals surface area contributed by atoms with E-state index in [2.05, 4.69) is 5.32 Å². The highest BCUT2D eigenvalue weighted by molar-refractivity contribution is 5.95. The second-order valence-electron chi connectivity index (χ2n) is 5.64. The van der Waals surface area contributed by atoms with Gasteiger partial charge in [0, 0.05) is 11.3 Å². The van der Waals surface area contributed by atoms with E-state index < -0.39 is 17.8 Å². The van der Waals surface area contributed by atoms with Gasteiger partial charge in [0.15, 0.2) is 23.4 Å². The van der Waals surface area contributed by atoms with Crippen molar-refractivity contribution in [1.29, 1.82) is 0 Å². The van der Waals surface area contributed by atoms with Gasteiger partial charge in [0.1, 0.15) is 5.82 Å². The molecule has 132 valence electrons. The molecule has 25 heavy (non-hydrogen) atoms.